The van der Waals surface area contributed by atoms with Crippen molar-refractivity contribution in [1.82, 2.24) is 9.97 Å². The van der Waals surface area contributed by atoms with Crippen LogP contribution in [0.25, 0.3) is 0 Å². The van der Waals surface area contributed by atoms with E-state index in [4.69, 9.17) is 11.6 Å². The summed E-state index contributed by atoms with van der Waals surface area (Å²) in [6.07, 6.45) is 1.57. The number of hydrogen-bond donors (Lipinski definition) is 1. The average molecular weight is 208 g/mol. The number of aromatic nitrogens is 2. The molecule has 0 aromatic carbocycles. The van der Waals surface area contributed by atoms with E-state index in [2.05, 4.69) is 30.5 Å². The zero-order valence-corrected chi connectivity index (χ0v) is 6.65. The lowest BCUT2D eigenvalue weighted by Gasteiger charge is -1.93. The Labute approximate surface area is 65.8 Å². The molecule has 0 aliphatic rings. The maximum atomic E-state index is 5.44. The molecule has 1 rings (SSSR count). The number of nitrogens with zero attached hydrogens (tertiary/aromatic N) is 2. The van der Waals surface area contributed by atoms with Crippen LogP contribution in [-0.4, -0.2) is 9.97 Å². The Kier molecular flexibility index (Phi) is 2.24. The number of rotatable bonds is 1. The first-order chi connectivity index (χ1) is 4.33. The number of nitrogens with one attached hydrogen (secondary N) is 1. The number of halogens is 2. The summed E-state index contributed by atoms with van der Waals surface area (Å²) in [7, 11) is 0. The smallest absolute Gasteiger partial charge is 0.224 e. The van der Waals surface area contributed by atoms with Crippen LogP contribution in [0.3, 0.4) is 0 Å². The van der Waals surface area contributed by atoms with Gasteiger partial charge in [0.05, 0.1) is 0 Å². The predicted octanol–water partition coefficient (Wildman–Crippen LogP) is 1.85. The van der Waals surface area contributed by atoms with Gasteiger partial charge in [-0.25, -0.2) is 9.97 Å². The van der Waals surface area contributed by atoms with Crippen LogP contribution >= 0.6 is 27.7 Å². The SMILES string of the molecule is Clc1nccc(NBr)n1. The largest absolute Gasteiger partial charge is 0.307 e. The van der Waals surface area contributed by atoms with Gasteiger partial charge in [-0.1, -0.05) is 0 Å². The minimum absolute atomic E-state index is 0.236. The Balaban J connectivity index is 2.94. The van der Waals surface area contributed by atoms with Gasteiger partial charge in [-0.2, -0.15) is 0 Å². The monoisotopic (exact) mass is 207 g/mol. The molecule has 0 atom stereocenters. The van der Waals surface area contributed by atoms with Gasteiger partial charge in [0.1, 0.15) is 5.82 Å². The van der Waals surface area contributed by atoms with Crippen LogP contribution in [-0.2, 0) is 0 Å². The van der Waals surface area contributed by atoms with Crippen molar-refractivity contribution in [2.24, 2.45) is 0 Å². The third kappa shape index (κ3) is 1.80. The van der Waals surface area contributed by atoms with Crippen LogP contribution in [0.4, 0.5) is 5.82 Å². The number of hydrogen-bond acceptors (Lipinski definition) is 3. The molecule has 1 aromatic rings. The number of anilines is 1. The second-order valence-corrected chi connectivity index (χ2v) is 2.04. The van der Waals surface area contributed by atoms with Crippen LogP contribution in [0.1, 0.15) is 0 Å². The summed E-state index contributed by atoms with van der Waals surface area (Å²) >= 11 is 8.43. The first kappa shape index (κ1) is 6.77. The molecular weight excluding hydrogens is 205 g/mol. The van der Waals surface area contributed by atoms with Gasteiger partial charge in [0, 0.05) is 22.3 Å². The molecule has 1 N–H and O–H groups in total. The van der Waals surface area contributed by atoms with Crippen molar-refractivity contribution in [3.05, 3.63) is 17.5 Å². The Morgan fingerprint density at radius 2 is 2.44 bits per heavy atom. The minimum Gasteiger partial charge on any atom is -0.307 e. The molecule has 0 aliphatic carbocycles. The van der Waals surface area contributed by atoms with E-state index < -0.39 is 0 Å². The van der Waals surface area contributed by atoms with Crippen LogP contribution in [0.15, 0.2) is 12.3 Å². The maximum absolute atomic E-state index is 5.44. The molecule has 1 aromatic heterocycles. The summed E-state index contributed by atoms with van der Waals surface area (Å²) in [5.74, 6) is 0.648. The van der Waals surface area contributed by atoms with Gasteiger partial charge in [0.25, 0.3) is 0 Å². The predicted molar refractivity (Wildman–Crippen MR) is 39.6 cm³/mol. The van der Waals surface area contributed by atoms with Crippen molar-refractivity contribution in [2.45, 2.75) is 0 Å². The summed E-state index contributed by atoms with van der Waals surface area (Å²) < 4.78 is 2.64. The fraction of sp³-hybridized carbons (Fsp3) is 0. The highest BCUT2D eigenvalue weighted by atomic mass is 79.9. The van der Waals surface area contributed by atoms with Gasteiger partial charge in [0.2, 0.25) is 5.28 Å². The summed E-state index contributed by atoms with van der Waals surface area (Å²) in [6, 6.07) is 1.70. The highest BCUT2D eigenvalue weighted by Gasteiger charge is 1.90. The van der Waals surface area contributed by atoms with Crippen LogP contribution in [0.5, 0.6) is 0 Å². The summed E-state index contributed by atoms with van der Waals surface area (Å²) in [5, 5.41) is 0.236. The molecule has 0 unspecified atom stereocenters. The minimum atomic E-state index is 0.236. The third-order valence-corrected chi connectivity index (χ3v) is 1.31. The van der Waals surface area contributed by atoms with Crippen LogP contribution in [0.2, 0.25) is 5.28 Å². The first-order valence-corrected chi connectivity index (χ1v) is 3.35. The van der Waals surface area contributed by atoms with Gasteiger partial charge >= 0.3 is 0 Å². The fourth-order valence-electron chi connectivity index (χ4n) is 0.388. The van der Waals surface area contributed by atoms with Crippen molar-refractivity contribution < 1.29 is 0 Å². The maximum Gasteiger partial charge on any atom is 0.224 e. The van der Waals surface area contributed by atoms with E-state index in [1.165, 1.54) is 0 Å². The lowest BCUT2D eigenvalue weighted by atomic mass is 10.6. The van der Waals surface area contributed by atoms with E-state index in [0.29, 0.717) is 5.82 Å². The molecular formula is C4H3BrClN3. The van der Waals surface area contributed by atoms with E-state index in [0.717, 1.165) is 0 Å². The Hall–Kier alpha value is -0.350. The van der Waals surface area contributed by atoms with Crippen molar-refractivity contribution in [2.75, 3.05) is 4.34 Å². The van der Waals surface area contributed by atoms with Gasteiger partial charge in [0.15, 0.2) is 0 Å². The van der Waals surface area contributed by atoms with E-state index in [9.17, 15) is 0 Å². The molecule has 9 heavy (non-hydrogen) atoms. The van der Waals surface area contributed by atoms with Crippen molar-refractivity contribution in [3.8, 4) is 0 Å². The molecule has 0 amide bonds. The first-order valence-electron chi connectivity index (χ1n) is 2.18. The zero-order valence-electron chi connectivity index (χ0n) is 4.31. The third-order valence-electron chi connectivity index (χ3n) is 0.723. The van der Waals surface area contributed by atoms with E-state index in [-0.39, 0.29) is 5.28 Å². The topological polar surface area (TPSA) is 37.8 Å². The van der Waals surface area contributed by atoms with Gasteiger partial charge < -0.3 is 4.34 Å². The molecule has 0 radical (unpaired) electrons. The van der Waals surface area contributed by atoms with E-state index >= 15 is 0 Å². The van der Waals surface area contributed by atoms with Crippen LogP contribution in [0, 0.1) is 0 Å². The van der Waals surface area contributed by atoms with Gasteiger partial charge in [-0.15, -0.1) is 0 Å². The fourth-order valence-corrected chi connectivity index (χ4v) is 0.756. The Morgan fingerprint density at radius 1 is 1.67 bits per heavy atom. The molecule has 48 valence electrons. The molecule has 0 bridgehead atoms. The van der Waals surface area contributed by atoms with Gasteiger partial charge in [-0.05, 0) is 17.7 Å². The molecule has 3 nitrogen and oxygen atoms in total. The molecule has 0 aliphatic heterocycles. The summed E-state index contributed by atoms with van der Waals surface area (Å²) in [6.45, 7) is 0. The standard InChI is InChI=1S/C4H3BrClN3/c5-9-3-1-2-7-4(6)8-3/h1-2H,(H,7,8,9). The van der Waals surface area contributed by atoms with Crippen molar-refractivity contribution in [3.63, 3.8) is 0 Å². The lowest BCUT2D eigenvalue weighted by molar-refractivity contribution is 1.18. The quantitative estimate of drug-likeness (QED) is 0.565. The normalized spacial score (nSPS) is 9.11. The van der Waals surface area contributed by atoms with E-state index in [1.54, 1.807) is 12.3 Å². The molecule has 0 saturated carbocycles. The van der Waals surface area contributed by atoms with Crippen molar-refractivity contribution in [1.29, 1.82) is 0 Å². The lowest BCUT2D eigenvalue weighted by Crippen LogP contribution is -1.86. The van der Waals surface area contributed by atoms with E-state index in [1.807, 2.05) is 0 Å². The Bertz CT molecular complexity index is 205. The summed E-state index contributed by atoms with van der Waals surface area (Å²) in [5.41, 5.74) is 0. The average Bonchev–Trinajstić information content (AvgIpc) is 1.88. The second kappa shape index (κ2) is 2.98. The highest BCUT2D eigenvalue weighted by Crippen LogP contribution is 2.06. The van der Waals surface area contributed by atoms with Crippen molar-refractivity contribution >= 4 is 33.6 Å². The molecule has 0 fully saturated rings. The highest BCUT2D eigenvalue weighted by molar-refractivity contribution is 9.10. The molecule has 1 heterocycles. The molecule has 0 spiro atoms. The Morgan fingerprint density at radius 3 is 2.89 bits per heavy atom. The summed E-state index contributed by atoms with van der Waals surface area (Å²) in [4.78, 5) is 7.47. The molecule has 5 heteroatoms. The second-order valence-electron chi connectivity index (χ2n) is 1.31. The van der Waals surface area contributed by atoms with Gasteiger partial charge in [-0.3, -0.25) is 0 Å². The van der Waals surface area contributed by atoms with Crippen LogP contribution < -0.4 is 4.34 Å². The zero-order chi connectivity index (χ0) is 6.69. The molecule has 0 saturated heterocycles.